The lowest BCUT2D eigenvalue weighted by atomic mass is 10.0. The minimum absolute atomic E-state index is 0.136. The fourth-order valence-electron chi connectivity index (χ4n) is 5.38. The van der Waals surface area contributed by atoms with Crippen LogP contribution in [-0.4, -0.2) is 81.9 Å². The second-order valence-electron chi connectivity index (χ2n) is 9.14. The van der Waals surface area contributed by atoms with E-state index in [1.165, 1.54) is 12.8 Å². The second-order valence-corrected chi connectivity index (χ2v) is 9.14. The Labute approximate surface area is 198 Å². The predicted molar refractivity (Wildman–Crippen MR) is 129 cm³/mol. The molecule has 0 radical (unpaired) electrons. The van der Waals surface area contributed by atoms with Gasteiger partial charge in [0.05, 0.1) is 25.8 Å². The van der Waals surface area contributed by atoms with Crippen LogP contribution in [0.3, 0.4) is 0 Å². The minimum Gasteiger partial charge on any atom is -0.493 e. The summed E-state index contributed by atoms with van der Waals surface area (Å²) in [6.45, 7) is 6.81. The van der Waals surface area contributed by atoms with E-state index in [4.69, 9.17) is 9.47 Å². The third kappa shape index (κ3) is 4.16. The lowest BCUT2D eigenvalue weighted by Gasteiger charge is -2.38. The summed E-state index contributed by atoms with van der Waals surface area (Å²) in [6, 6.07) is 5.63. The monoisotopic (exact) mass is 467 g/mol. The summed E-state index contributed by atoms with van der Waals surface area (Å²) in [7, 11) is 3.20. The molecule has 1 atom stereocenters. The third-order valence-corrected chi connectivity index (χ3v) is 7.32. The number of hydrogen-bond acceptors (Lipinski definition) is 8. The highest BCUT2D eigenvalue weighted by atomic mass is 16.5. The van der Waals surface area contributed by atoms with Crippen molar-refractivity contribution in [2.45, 2.75) is 44.7 Å². The second kappa shape index (κ2) is 9.71. The highest BCUT2D eigenvalue weighted by Gasteiger charge is 2.34. The largest absolute Gasteiger partial charge is 0.493 e. The molecule has 2 aromatic heterocycles. The summed E-state index contributed by atoms with van der Waals surface area (Å²) in [6.07, 6.45) is 4.50. The number of aromatic nitrogens is 5. The van der Waals surface area contributed by atoms with Crippen LogP contribution in [0.1, 0.15) is 56.1 Å². The zero-order valence-corrected chi connectivity index (χ0v) is 20.2. The number of methoxy groups -OCH3 is 2. The Kier molecular flexibility index (Phi) is 6.51. The van der Waals surface area contributed by atoms with Crippen molar-refractivity contribution in [1.82, 2.24) is 35.0 Å². The Balaban J connectivity index is 1.62. The number of fused-ring (bicyclic) bond motifs is 1. The molecule has 0 spiro atoms. The molecule has 1 aromatic carbocycles. The number of likely N-dealkylation sites (N-methyl/N-ethyl adjacent to an activating group) is 1. The molecule has 182 valence electrons. The quantitative estimate of drug-likeness (QED) is 0.565. The number of nitrogens with one attached hydrogen (secondary N) is 1. The van der Waals surface area contributed by atoms with Gasteiger partial charge in [-0.15, -0.1) is 5.10 Å². The molecule has 0 unspecified atom stereocenters. The van der Waals surface area contributed by atoms with E-state index in [0.29, 0.717) is 22.6 Å². The molecule has 2 fully saturated rings. The first-order valence-corrected chi connectivity index (χ1v) is 12.2. The van der Waals surface area contributed by atoms with E-state index in [1.54, 1.807) is 20.3 Å². The maximum atomic E-state index is 13.5. The van der Waals surface area contributed by atoms with Gasteiger partial charge in [0.1, 0.15) is 6.04 Å². The molecule has 3 heterocycles. The van der Waals surface area contributed by atoms with E-state index in [0.717, 1.165) is 56.8 Å². The fourth-order valence-corrected chi connectivity index (χ4v) is 5.38. The fraction of sp³-hybridized carbons (Fsp3) is 0.583. The summed E-state index contributed by atoms with van der Waals surface area (Å²) < 4.78 is 12.9. The summed E-state index contributed by atoms with van der Waals surface area (Å²) in [5.41, 5.74) is 1.22. The lowest BCUT2D eigenvalue weighted by molar-refractivity contribution is 0.107. The highest BCUT2D eigenvalue weighted by molar-refractivity contribution is 5.83. The molecule has 1 aliphatic carbocycles. The van der Waals surface area contributed by atoms with Gasteiger partial charge in [-0.05, 0) is 41.9 Å². The Hall–Kier alpha value is -2.98. The molecule has 1 saturated carbocycles. The molecule has 1 aliphatic heterocycles. The zero-order chi connectivity index (χ0) is 23.7. The van der Waals surface area contributed by atoms with Crippen LogP contribution in [0.2, 0.25) is 0 Å². The van der Waals surface area contributed by atoms with Gasteiger partial charge in [0.15, 0.2) is 17.3 Å². The average Bonchev–Trinajstić information content (AvgIpc) is 3.56. The molecule has 2 aliphatic rings. The molecular formula is C24H33N7O3. The average molecular weight is 468 g/mol. The molecule has 10 heteroatoms. The number of H-pyrrole nitrogens is 1. The Morgan fingerprint density at radius 1 is 1.06 bits per heavy atom. The van der Waals surface area contributed by atoms with E-state index in [-0.39, 0.29) is 17.6 Å². The molecule has 5 rings (SSSR count). The van der Waals surface area contributed by atoms with Gasteiger partial charge in [0, 0.05) is 43.2 Å². The molecule has 3 aromatic rings. The third-order valence-electron chi connectivity index (χ3n) is 7.32. The van der Waals surface area contributed by atoms with Crippen LogP contribution in [0, 0.1) is 0 Å². The molecule has 1 N–H and O–H groups in total. The van der Waals surface area contributed by atoms with Crippen LogP contribution < -0.4 is 15.0 Å². The summed E-state index contributed by atoms with van der Waals surface area (Å²) >= 11 is 0. The maximum absolute atomic E-state index is 13.5. The highest BCUT2D eigenvalue weighted by Crippen LogP contribution is 2.35. The SMILES string of the molecule is CCN1CCN([C@H](c2cc3cc(OC)c(OC)cc3[nH]c2=O)c2nnnn2C2CCCC2)CC1. The summed E-state index contributed by atoms with van der Waals surface area (Å²) in [5, 5.41) is 13.8. The maximum Gasteiger partial charge on any atom is 0.253 e. The molecule has 10 nitrogen and oxygen atoms in total. The van der Waals surface area contributed by atoms with Crippen molar-refractivity contribution >= 4 is 10.9 Å². The summed E-state index contributed by atoms with van der Waals surface area (Å²) in [4.78, 5) is 21.3. The minimum atomic E-state index is -0.323. The first-order valence-electron chi connectivity index (χ1n) is 12.2. The topological polar surface area (TPSA) is 101 Å². The molecule has 1 saturated heterocycles. The number of aromatic amines is 1. The zero-order valence-electron chi connectivity index (χ0n) is 20.2. The van der Waals surface area contributed by atoms with Crippen molar-refractivity contribution in [2.24, 2.45) is 0 Å². The van der Waals surface area contributed by atoms with Gasteiger partial charge in [-0.25, -0.2) is 4.68 Å². The van der Waals surface area contributed by atoms with Crippen molar-refractivity contribution in [2.75, 3.05) is 46.9 Å². The number of pyridine rings is 1. The van der Waals surface area contributed by atoms with Gasteiger partial charge in [-0.2, -0.15) is 0 Å². The number of hydrogen-bond donors (Lipinski definition) is 1. The predicted octanol–water partition coefficient (Wildman–Crippen LogP) is 2.37. The van der Waals surface area contributed by atoms with E-state index in [2.05, 4.69) is 37.2 Å². The van der Waals surface area contributed by atoms with E-state index in [1.807, 2.05) is 16.8 Å². The van der Waals surface area contributed by atoms with Crippen LogP contribution in [0.15, 0.2) is 23.0 Å². The number of piperazine rings is 1. The standard InChI is InChI=1S/C24H33N7O3/c1-4-29-9-11-30(12-10-29)22(23-26-27-28-31(23)17-7-5-6-8-17)18-13-16-14-20(33-2)21(34-3)15-19(16)25-24(18)32/h13-15,17,22H,4-12H2,1-3H3,(H,25,32)/t22-/m1/s1. The molecular weight excluding hydrogens is 434 g/mol. The van der Waals surface area contributed by atoms with Crippen LogP contribution in [-0.2, 0) is 0 Å². The molecule has 0 amide bonds. The summed E-state index contributed by atoms with van der Waals surface area (Å²) in [5.74, 6) is 1.95. The van der Waals surface area contributed by atoms with Gasteiger partial charge < -0.3 is 19.4 Å². The van der Waals surface area contributed by atoms with E-state index in [9.17, 15) is 4.79 Å². The number of rotatable bonds is 7. The Morgan fingerprint density at radius 3 is 2.44 bits per heavy atom. The van der Waals surface area contributed by atoms with Gasteiger partial charge in [-0.3, -0.25) is 9.69 Å². The normalized spacial score (nSPS) is 19.0. The van der Waals surface area contributed by atoms with Gasteiger partial charge in [0.2, 0.25) is 0 Å². The Morgan fingerprint density at radius 2 is 1.76 bits per heavy atom. The van der Waals surface area contributed by atoms with Crippen LogP contribution in [0.5, 0.6) is 11.5 Å². The van der Waals surface area contributed by atoms with Crippen molar-refractivity contribution in [3.63, 3.8) is 0 Å². The number of tetrazole rings is 1. The van der Waals surface area contributed by atoms with Crippen LogP contribution >= 0.6 is 0 Å². The number of ether oxygens (including phenoxy) is 2. The van der Waals surface area contributed by atoms with Crippen molar-refractivity contribution in [3.8, 4) is 11.5 Å². The van der Waals surface area contributed by atoms with Crippen molar-refractivity contribution in [3.05, 3.63) is 39.9 Å². The van der Waals surface area contributed by atoms with E-state index < -0.39 is 0 Å². The van der Waals surface area contributed by atoms with Gasteiger partial charge >= 0.3 is 0 Å². The van der Waals surface area contributed by atoms with Crippen molar-refractivity contribution < 1.29 is 9.47 Å². The van der Waals surface area contributed by atoms with Crippen LogP contribution in [0.25, 0.3) is 10.9 Å². The first kappa shape index (κ1) is 22.8. The number of benzene rings is 1. The Bertz CT molecular complexity index is 1190. The van der Waals surface area contributed by atoms with Gasteiger partial charge in [0.25, 0.3) is 5.56 Å². The molecule has 34 heavy (non-hydrogen) atoms. The van der Waals surface area contributed by atoms with Gasteiger partial charge in [-0.1, -0.05) is 19.8 Å². The molecule has 0 bridgehead atoms. The number of nitrogens with zero attached hydrogens (tertiary/aromatic N) is 6. The smallest absolute Gasteiger partial charge is 0.253 e. The lowest BCUT2D eigenvalue weighted by Crippen LogP contribution is -2.49. The van der Waals surface area contributed by atoms with Crippen molar-refractivity contribution in [1.29, 1.82) is 0 Å². The van der Waals surface area contributed by atoms with E-state index >= 15 is 0 Å². The van der Waals surface area contributed by atoms with Crippen LogP contribution in [0.4, 0.5) is 0 Å². The first-order chi connectivity index (χ1) is 16.6.